The molecule has 0 aliphatic rings. The van der Waals surface area contributed by atoms with Crippen LogP contribution in [0.25, 0.3) is 0 Å². The zero-order valence-corrected chi connectivity index (χ0v) is 10.4. The third-order valence-electron chi connectivity index (χ3n) is 2.56. The van der Waals surface area contributed by atoms with E-state index in [1.807, 2.05) is 35.0 Å². The van der Waals surface area contributed by atoms with Gasteiger partial charge < -0.3 is 5.32 Å². The van der Waals surface area contributed by atoms with Crippen molar-refractivity contribution in [2.75, 3.05) is 0 Å². The lowest BCUT2D eigenvalue weighted by Gasteiger charge is -2.00. The summed E-state index contributed by atoms with van der Waals surface area (Å²) >= 11 is 0. The van der Waals surface area contributed by atoms with Crippen molar-refractivity contribution in [1.82, 2.24) is 24.9 Å². The summed E-state index contributed by atoms with van der Waals surface area (Å²) in [6, 6.07) is 0. The topological polar surface area (TPSA) is 47.7 Å². The van der Waals surface area contributed by atoms with Crippen LogP contribution < -0.4 is 5.32 Å². The van der Waals surface area contributed by atoms with Crippen molar-refractivity contribution in [1.29, 1.82) is 0 Å². The number of rotatable bonds is 6. The second kappa shape index (κ2) is 5.63. The minimum absolute atomic E-state index is 0.840. The van der Waals surface area contributed by atoms with Crippen molar-refractivity contribution in [3.05, 3.63) is 35.9 Å². The minimum Gasteiger partial charge on any atom is -0.308 e. The van der Waals surface area contributed by atoms with Crippen LogP contribution in [-0.2, 0) is 26.7 Å². The van der Waals surface area contributed by atoms with Crippen LogP contribution in [0.15, 0.2) is 24.8 Å². The fourth-order valence-electron chi connectivity index (χ4n) is 1.76. The molecule has 2 rings (SSSR count). The van der Waals surface area contributed by atoms with Crippen molar-refractivity contribution in [2.24, 2.45) is 7.05 Å². The van der Waals surface area contributed by atoms with Gasteiger partial charge in [-0.2, -0.15) is 10.2 Å². The maximum atomic E-state index is 4.30. The van der Waals surface area contributed by atoms with Gasteiger partial charge in [0.2, 0.25) is 0 Å². The summed E-state index contributed by atoms with van der Waals surface area (Å²) in [7, 11) is 1.93. The number of nitrogens with one attached hydrogen (secondary N) is 1. The molecule has 0 aliphatic carbocycles. The highest BCUT2D eigenvalue weighted by atomic mass is 15.3. The molecule has 0 aliphatic heterocycles. The van der Waals surface area contributed by atoms with E-state index < -0.39 is 0 Å². The first-order valence-corrected chi connectivity index (χ1v) is 5.97. The Morgan fingerprint density at radius 2 is 1.82 bits per heavy atom. The Labute approximate surface area is 101 Å². The zero-order chi connectivity index (χ0) is 12.1. The molecule has 5 nitrogen and oxygen atoms in total. The molecule has 0 unspecified atom stereocenters. The molecule has 0 saturated heterocycles. The number of aromatic nitrogens is 4. The SMILES string of the molecule is CCCn1cc(CNCc2cnn(C)c2)cn1. The standard InChI is InChI=1S/C12H19N5/c1-3-4-17-10-12(8-15-17)6-13-5-11-7-14-16(2)9-11/h7-10,13H,3-6H2,1-2H3. The van der Waals surface area contributed by atoms with E-state index >= 15 is 0 Å². The van der Waals surface area contributed by atoms with Gasteiger partial charge in [0, 0.05) is 50.2 Å². The Morgan fingerprint density at radius 3 is 2.47 bits per heavy atom. The summed E-state index contributed by atoms with van der Waals surface area (Å²) in [6.45, 7) is 4.83. The lowest BCUT2D eigenvalue weighted by molar-refractivity contribution is 0.601. The van der Waals surface area contributed by atoms with Crippen LogP contribution in [-0.4, -0.2) is 19.6 Å². The van der Waals surface area contributed by atoms with E-state index in [9.17, 15) is 0 Å². The van der Waals surface area contributed by atoms with Gasteiger partial charge in [0.15, 0.2) is 0 Å². The quantitative estimate of drug-likeness (QED) is 0.818. The highest BCUT2D eigenvalue weighted by Gasteiger charge is 1.99. The number of hydrogen-bond acceptors (Lipinski definition) is 3. The Bertz CT molecular complexity index is 457. The molecule has 0 atom stereocenters. The first kappa shape index (κ1) is 11.9. The molecule has 0 bridgehead atoms. The highest BCUT2D eigenvalue weighted by molar-refractivity contribution is 5.06. The Hall–Kier alpha value is -1.62. The largest absolute Gasteiger partial charge is 0.308 e. The van der Waals surface area contributed by atoms with Gasteiger partial charge in [0.25, 0.3) is 0 Å². The molecule has 0 fully saturated rings. The van der Waals surface area contributed by atoms with E-state index in [1.165, 1.54) is 11.1 Å². The van der Waals surface area contributed by atoms with Crippen molar-refractivity contribution in [2.45, 2.75) is 33.0 Å². The van der Waals surface area contributed by atoms with E-state index in [0.29, 0.717) is 0 Å². The van der Waals surface area contributed by atoms with Crippen LogP contribution in [0.4, 0.5) is 0 Å². The minimum atomic E-state index is 0.840. The van der Waals surface area contributed by atoms with Crippen molar-refractivity contribution < 1.29 is 0 Å². The predicted molar refractivity (Wildman–Crippen MR) is 66.3 cm³/mol. The van der Waals surface area contributed by atoms with Gasteiger partial charge in [-0.15, -0.1) is 0 Å². The molecular weight excluding hydrogens is 214 g/mol. The van der Waals surface area contributed by atoms with Crippen LogP contribution in [0.5, 0.6) is 0 Å². The number of nitrogens with zero attached hydrogens (tertiary/aromatic N) is 4. The lowest BCUT2D eigenvalue weighted by atomic mass is 10.3. The van der Waals surface area contributed by atoms with Crippen LogP contribution in [0.3, 0.4) is 0 Å². The van der Waals surface area contributed by atoms with Gasteiger partial charge in [-0.25, -0.2) is 0 Å². The monoisotopic (exact) mass is 233 g/mol. The first-order chi connectivity index (χ1) is 8.28. The molecule has 92 valence electrons. The molecule has 0 saturated carbocycles. The number of aryl methyl sites for hydroxylation is 2. The average molecular weight is 233 g/mol. The molecular formula is C12H19N5. The summed E-state index contributed by atoms with van der Waals surface area (Å²) in [5, 5.41) is 11.8. The van der Waals surface area contributed by atoms with Gasteiger partial charge in [-0.1, -0.05) is 6.92 Å². The van der Waals surface area contributed by atoms with Gasteiger partial charge >= 0.3 is 0 Å². The molecule has 0 radical (unpaired) electrons. The third kappa shape index (κ3) is 3.42. The molecule has 0 aromatic carbocycles. The smallest absolute Gasteiger partial charge is 0.0534 e. The van der Waals surface area contributed by atoms with Crippen LogP contribution >= 0.6 is 0 Å². The maximum absolute atomic E-state index is 4.30. The van der Waals surface area contributed by atoms with Crippen LogP contribution in [0, 0.1) is 0 Å². The van der Waals surface area contributed by atoms with Gasteiger partial charge in [0.1, 0.15) is 0 Å². The summed E-state index contributed by atoms with van der Waals surface area (Å²) in [5.41, 5.74) is 2.43. The molecule has 5 heteroatoms. The zero-order valence-electron chi connectivity index (χ0n) is 10.4. The Kier molecular flexibility index (Phi) is 3.93. The first-order valence-electron chi connectivity index (χ1n) is 5.97. The Morgan fingerprint density at radius 1 is 1.12 bits per heavy atom. The van der Waals surface area contributed by atoms with Gasteiger partial charge in [-0.3, -0.25) is 9.36 Å². The van der Waals surface area contributed by atoms with E-state index in [1.54, 1.807) is 0 Å². The molecule has 0 spiro atoms. The van der Waals surface area contributed by atoms with E-state index in [0.717, 1.165) is 26.1 Å². The predicted octanol–water partition coefficient (Wildman–Crippen LogP) is 1.32. The van der Waals surface area contributed by atoms with E-state index in [2.05, 4.69) is 28.6 Å². The van der Waals surface area contributed by atoms with Gasteiger partial charge in [0.05, 0.1) is 12.4 Å². The summed E-state index contributed by atoms with van der Waals surface area (Å²) < 4.78 is 3.80. The summed E-state index contributed by atoms with van der Waals surface area (Å²) in [6.07, 6.45) is 9.04. The molecule has 17 heavy (non-hydrogen) atoms. The summed E-state index contributed by atoms with van der Waals surface area (Å²) in [4.78, 5) is 0. The van der Waals surface area contributed by atoms with Crippen molar-refractivity contribution >= 4 is 0 Å². The van der Waals surface area contributed by atoms with Crippen LogP contribution in [0.2, 0.25) is 0 Å². The fraction of sp³-hybridized carbons (Fsp3) is 0.500. The summed E-state index contributed by atoms with van der Waals surface area (Å²) in [5.74, 6) is 0. The van der Waals surface area contributed by atoms with E-state index in [-0.39, 0.29) is 0 Å². The molecule has 2 heterocycles. The fourth-order valence-corrected chi connectivity index (χ4v) is 1.76. The molecule has 0 amide bonds. The van der Waals surface area contributed by atoms with E-state index in [4.69, 9.17) is 0 Å². The third-order valence-corrected chi connectivity index (χ3v) is 2.56. The van der Waals surface area contributed by atoms with Crippen LogP contribution in [0.1, 0.15) is 24.5 Å². The normalized spacial score (nSPS) is 10.9. The maximum Gasteiger partial charge on any atom is 0.0534 e. The molecule has 2 aromatic heterocycles. The van der Waals surface area contributed by atoms with Crippen molar-refractivity contribution in [3.63, 3.8) is 0 Å². The second-order valence-electron chi connectivity index (χ2n) is 4.24. The van der Waals surface area contributed by atoms with Gasteiger partial charge in [-0.05, 0) is 6.42 Å². The average Bonchev–Trinajstić information content (AvgIpc) is 2.89. The molecule has 2 aromatic rings. The highest BCUT2D eigenvalue weighted by Crippen LogP contribution is 2.00. The van der Waals surface area contributed by atoms with Crippen molar-refractivity contribution in [3.8, 4) is 0 Å². The Balaban J connectivity index is 1.77. The second-order valence-corrected chi connectivity index (χ2v) is 4.24. The lowest BCUT2D eigenvalue weighted by Crippen LogP contribution is -2.11. The molecule has 1 N–H and O–H groups in total. The number of hydrogen-bond donors (Lipinski definition) is 1.